The summed E-state index contributed by atoms with van der Waals surface area (Å²) in [5, 5.41) is 21.2. The quantitative estimate of drug-likeness (QED) is 0.458. The van der Waals surface area contributed by atoms with Crippen molar-refractivity contribution in [1.29, 1.82) is 0 Å². The van der Waals surface area contributed by atoms with E-state index >= 15 is 0 Å². The number of nitrogens with zero attached hydrogens (tertiary/aromatic N) is 5. The zero-order valence-corrected chi connectivity index (χ0v) is 16.5. The molecular formula is C20H21N7O3. The number of hydrogen-bond donors (Lipinski definition) is 3. The van der Waals surface area contributed by atoms with Crippen LogP contribution in [0.3, 0.4) is 0 Å². The van der Waals surface area contributed by atoms with Gasteiger partial charge in [-0.15, -0.1) is 0 Å². The van der Waals surface area contributed by atoms with E-state index in [1.54, 1.807) is 17.8 Å². The second-order valence-corrected chi connectivity index (χ2v) is 7.28. The molecule has 1 saturated heterocycles. The van der Waals surface area contributed by atoms with Gasteiger partial charge in [-0.1, -0.05) is 0 Å². The third-order valence-corrected chi connectivity index (χ3v) is 5.35. The second-order valence-electron chi connectivity index (χ2n) is 7.28. The Hall–Kier alpha value is -3.50. The number of hydrogen-bond acceptors (Lipinski definition) is 7. The fourth-order valence-electron chi connectivity index (χ4n) is 3.78. The van der Waals surface area contributed by atoms with Crippen molar-refractivity contribution < 1.29 is 14.6 Å². The normalized spacial score (nSPS) is 18.9. The van der Waals surface area contributed by atoms with Gasteiger partial charge in [0.05, 0.1) is 37.3 Å². The van der Waals surface area contributed by atoms with Crippen molar-refractivity contribution in [3.63, 3.8) is 0 Å². The van der Waals surface area contributed by atoms with Gasteiger partial charge in [0, 0.05) is 43.5 Å². The molecule has 10 heteroatoms. The van der Waals surface area contributed by atoms with Crippen LogP contribution in [0, 0.1) is 0 Å². The second kappa shape index (κ2) is 7.08. The molecule has 1 unspecified atom stereocenters. The van der Waals surface area contributed by atoms with E-state index < -0.39 is 12.1 Å². The van der Waals surface area contributed by atoms with E-state index in [0.29, 0.717) is 22.7 Å². The van der Waals surface area contributed by atoms with Crippen molar-refractivity contribution in [3.05, 3.63) is 42.4 Å². The van der Waals surface area contributed by atoms with Crippen LogP contribution in [-0.2, 0) is 11.8 Å². The number of aromatic nitrogens is 5. The lowest BCUT2D eigenvalue weighted by atomic mass is 10.1. The third-order valence-electron chi connectivity index (χ3n) is 5.35. The fourth-order valence-corrected chi connectivity index (χ4v) is 3.78. The van der Waals surface area contributed by atoms with Crippen LogP contribution >= 0.6 is 0 Å². The lowest BCUT2D eigenvalue weighted by Crippen LogP contribution is -2.42. The van der Waals surface area contributed by atoms with Gasteiger partial charge in [-0.2, -0.15) is 9.61 Å². The van der Waals surface area contributed by atoms with Crippen molar-refractivity contribution in [2.24, 2.45) is 7.05 Å². The van der Waals surface area contributed by atoms with Crippen LogP contribution in [0.15, 0.2) is 36.8 Å². The van der Waals surface area contributed by atoms with E-state index in [9.17, 15) is 9.90 Å². The largest absolute Gasteiger partial charge is 0.388 e. The van der Waals surface area contributed by atoms with Crippen molar-refractivity contribution in [3.8, 4) is 11.3 Å². The number of pyridine rings is 1. The molecule has 1 aliphatic heterocycles. The van der Waals surface area contributed by atoms with Gasteiger partial charge in [0.1, 0.15) is 17.0 Å². The lowest BCUT2D eigenvalue weighted by Gasteiger charge is -2.14. The van der Waals surface area contributed by atoms with Crippen LogP contribution in [0.2, 0.25) is 0 Å². The summed E-state index contributed by atoms with van der Waals surface area (Å²) in [5.41, 5.74) is 3.20. The van der Waals surface area contributed by atoms with E-state index in [2.05, 4.69) is 20.7 Å². The number of anilines is 1. The topological polar surface area (TPSA) is 119 Å². The molecule has 0 aromatic carbocycles. The molecule has 1 amide bonds. The number of nitrogens with one attached hydrogen (secondary N) is 2. The Balaban J connectivity index is 1.62. The Kier molecular flexibility index (Phi) is 4.37. The predicted molar refractivity (Wildman–Crippen MR) is 110 cm³/mol. The van der Waals surface area contributed by atoms with E-state index in [1.165, 1.54) is 6.20 Å². The van der Waals surface area contributed by atoms with Crippen LogP contribution in [0.5, 0.6) is 0 Å². The minimum atomic E-state index is -0.727. The highest BCUT2D eigenvalue weighted by atomic mass is 16.5. The van der Waals surface area contributed by atoms with Gasteiger partial charge in [-0.25, -0.2) is 9.97 Å². The van der Waals surface area contributed by atoms with Gasteiger partial charge in [-0.3, -0.25) is 4.79 Å². The number of carbonyl (C=O) groups excluding carboxylic acids is 1. The summed E-state index contributed by atoms with van der Waals surface area (Å²) in [6, 6.07) is 5.31. The van der Waals surface area contributed by atoms with Gasteiger partial charge >= 0.3 is 0 Å². The summed E-state index contributed by atoms with van der Waals surface area (Å²) in [5.74, 6) is 0.338. The molecule has 10 nitrogen and oxygen atoms in total. The maximum absolute atomic E-state index is 12.9. The zero-order chi connectivity index (χ0) is 20.8. The number of aliphatic hydroxyl groups is 1. The molecule has 5 heterocycles. The molecule has 154 valence electrons. The minimum absolute atomic E-state index is 0.209. The number of fused-ring (bicyclic) bond motifs is 2. The molecule has 0 saturated carbocycles. The molecular weight excluding hydrogens is 386 g/mol. The van der Waals surface area contributed by atoms with E-state index in [-0.39, 0.29) is 19.1 Å². The van der Waals surface area contributed by atoms with Crippen molar-refractivity contribution >= 4 is 28.4 Å². The summed E-state index contributed by atoms with van der Waals surface area (Å²) in [6.07, 6.45) is 4.48. The molecule has 0 bridgehead atoms. The highest BCUT2D eigenvalue weighted by molar-refractivity contribution is 6.01. The summed E-state index contributed by atoms with van der Waals surface area (Å²) in [4.78, 5) is 22.1. The number of ether oxygens (including phenoxy) is 1. The molecule has 1 fully saturated rings. The first-order valence-electron chi connectivity index (χ1n) is 9.60. The SMILES string of the molecule is CNc1cc(-c2cn(C)c3ncccc23)nc2c(C(=O)NC3COC[C@@H]3O)cnn12. The number of rotatable bonds is 4. The van der Waals surface area contributed by atoms with Crippen LogP contribution in [0.25, 0.3) is 27.9 Å². The van der Waals surface area contributed by atoms with Gasteiger partial charge in [-0.05, 0) is 12.1 Å². The predicted octanol–water partition coefficient (Wildman–Crippen LogP) is 0.814. The standard InChI is InChI=1S/C20H21N7O3/c1-21-17-6-14(13-8-26(2)18-11(13)4-3-5-22-18)24-19-12(7-23-27(17)19)20(29)25-15-9-30-10-16(15)28/h3-8,15-16,21,28H,9-10H2,1-2H3,(H,25,29)/t15?,16-/m0/s1. The summed E-state index contributed by atoms with van der Waals surface area (Å²) in [6.45, 7) is 0.483. The van der Waals surface area contributed by atoms with Gasteiger partial charge in [0.25, 0.3) is 5.91 Å². The van der Waals surface area contributed by atoms with Crippen LogP contribution < -0.4 is 10.6 Å². The summed E-state index contributed by atoms with van der Waals surface area (Å²) in [7, 11) is 3.72. The highest BCUT2D eigenvalue weighted by Crippen LogP contribution is 2.30. The Morgan fingerprint density at radius 2 is 2.20 bits per heavy atom. The first-order valence-corrected chi connectivity index (χ1v) is 9.60. The molecule has 5 rings (SSSR count). The highest BCUT2D eigenvalue weighted by Gasteiger charge is 2.29. The van der Waals surface area contributed by atoms with Crippen molar-refractivity contribution in [2.75, 3.05) is 25.6 Å². The molecule has 3 N–H and O–H groups in total. The Morgan fingerprint density at radius 3 is 2.97 bits per heavy atom. The molecule has 4 aromatic rings. The van der Waals surface area contributed by atoms with Crippen LogP contribution in [0.4, 0.5) is 5.82 Å². The number of carbonyl (C=O) groups is 1. The molecule has 2 atom stereocenters. The number of amides is 1. The maximum atomic E-state index is 12.9. The minimum Gasteiger partial charge on any atom is -0.388 e. The molecule has 0 aliphatic carbocycles. The lowest BCUT2D eigenvalue weighted by molar-refractivity contribution is 0.0888. The number of aliphatic hydroxyl groups excluding tert-OH is 1. The average molecular weight is 407 g/mol. The smallest absolute Gasteiger partial charge is 0.257 e. The van der Waals surface area contributed by atoms with Gasteiger partial charge < -0.3 is 25.0 Å². The zero-order valence-electron chi connectivity index (χ0n) is 16.5. The Bertz CT molecular complexity index is 1260. The van der Waals surface area contributed by atoms with Crippen LogP contribution in [0.1, 0.15) is 10.4 Å². The molecule has 0 radical (unpaired) electrons. The molecule has 1 aliphatic rings. The average Bonchev–Trinajstić information content (AvgIpc) is 3.45. The molecule has 0 spiro atoms. The maximum Gasteiger partial charge on any atom is 0.257 e. The van der Waals surface area contributed by atoms with Crippen LogP contribution in [-0.4, -0.2) is 67.6 Å². The Labute approximate surface area is 171 Å². The summed E-state index contributed by atoms with van der Waals surface area (Å²) >= 11 is 0. The fraction of sp³-hybridized carbons (Fsp3) is 0.300. The number of aryl methyl sites for hydroxylation is 1. The Morgan fingerprint density at radius 1 is 1.33 bits per heavy atom. The third kappa shape index (κ3) is 2.88. The van der Waals surface area contributed by atoms with E-state index in [1.807, 2.05) is 36.0 Å². The van der Waals surface area contributed by atoms with Crippen molar-refractivity contribution in [1.82, 2.24) is 29.5 Å². The van der Waals surface area contributed by atoms with Crippen molar-refractivity contribution in [2.45, 2.75) is 12.1 Å². The molecule has 30 heavy (non-hydrogen) atoms. The summed E-state index contributed by atoms with van der Waals surface area (Å²) < 4.78 is 8.74. The monoisotopic (exact) mass is 407 g/mol. The van der Waals surface area contributed by atoms with E-state index in [4.69, 9.17) is 9.72 Å². The molecule has 4 aromatic heterocycles. The van der Waals surface area contributed by atoms with Gasteiger partial charge in [0.2, 0.25) is 0 Å². The first-order chi connectivity index (χ1) is 14.6. The van der Waals surface area contributed by atoms with Gasteiger partial charge in [0.15, 0.2) is 5.65 Å². The van der Waals surface area contributed by atoms with E-state index in [0.717, 1.165) is 16.6 Å². The first kappa shape index (κ1) is 18.5.